The van der Waals surface area contributed by atoms with E-state index in [4.69, 9.17) is 9.47 Å². The molecule has 0 saturated carbocycles. The second kappa shape index (κ2) is 10.4. The van der Waals surface area contributed by atoms with E-state index in [1.165, 1.54) is 18.1 Å². The first-order valence-electron chi connectivity index (χ1n) is 10.7. The highest BCUT2D eigenvalue weighted by Gasteiger charge is 2.28. The van der Waals surface area contributed by atoms with Crippen LogP contribution in [0.3, 0.4) is 0 Å². The second-order valence-corrected chi connectivity index (χ2v) is 8.01. The molecule has 2 aromatic rings. The van der Waals surface area contributed by atoms with Gasteiger partial charge >= 0.3 is 5.97 Å². The van der Waals surface area contributed by atoms with Crippen LogP contribution in [0.25, 0.3) is 6.08 Å². The molecule has 2 heterocycles. The maximum atomic E-state index is 13.3. The molecule has 0 aliphatic carbocycles. The molecule has 7 heteroatoms. The average molecular weight is 439 g/mol. The van der Waals surface area contributed by atoms with Crippen molar-refractivity contribution in [3.05, 3.63) is 64.5 Å². The average Bonchev–Trinajstić information content (AvgIpc) is 3.38. The van der Waals surface area contributed by atoms with E-state index < -0.39 is 5.97 Å². The van der Waals surface area contributed by atoms with Gasteiger partial charge in [0, 0.05) is 37.5 Å². The number of methoxy groups -OCH3 is 1. The number of Topliss-reactive ketones (excluding diaryl/α,β-unsaturated/α-hetero) is 1. The highest BCUT2D eigenvalue weighted by molar-refractivity contribution is 6.05. The largest absolute Gasteiger partial charge is 0.464 e. The van der Waals surface area contributed by atoms with Crippen LogP contribution in [0.1, 0.15) is 50.5 Å². The van der Waals surface area contributed by atoms with Gasteiger partial charge in [0.15, 0.2) is 5.78 Å². The Balaban J connectivity index is 1.84. The number of ether oxygens (including phenoxy) is 2. The smallest absolute Gasteiger partial charge is 0.354 e. The third kappa shape index (κ3) is 5.16. The summed E-state index contributed by atoms with van der Waals surface area (Å²) in [5, 5.41) is 0. The fourth-order valence-corrected chi connectivity index (χ4v) is 4.13. The Morgan fingerprint density at radius 3 is 2.56 bits per heavy atom. The van der Waals surface area contributed by atoms with Gasteiger partial charge in [0.2, 0.25) is 5.91 Å². The zero-order valence-electron chi connectivity index (χ0n) is 19.1. The minimum atomic E-state index is -0.495. The fourth-order valence-electron chi connectivity index (χ4n) is 4.13. The van der Waals surface area contributed by atoms with E-state index in [0.29, 0.717) is 35.7 Å². The zero-order valence-corrected chi connectivity index (χ0v) is 19.1. The monoisotopic (exact) mass is 438 g/mol. The number of hydrogen-bond donors (Lipinski definition) is 0. The molecule has 1 unspecified atom stereocenters. The Kier molecular flexibility index (Phi) is 7.64. The summed E-state index contributed by atoms with van der Waals surface area (Å²) >= 11 is 0. The molecule has 0 N–H and O–H groups in total. The summed E-state index contributed by atoms with van der Waals surface area (Å²) in [6.07, 6.45) is 4.95. The Bertz CT molecular complexity index is 1020. The Labute approximate surface area is 188 Å². The lowest BCUT2D eigenvalue weighted by Gasteiger charge is -2.24. The summed E-state index contributed by atoms with van der Waals surface area (Å²) in [6, 6.07) is 9.53. The van der Waals surface area contributed by atoms with Crippen molar-refractivity contribution in [1.29, 1.82) is 0 Å². The summed E-state index contributed by atoms with van der Waals surface area (Å²) in [5.74, 6) is -0.965. The van der Waals surface area contributed by atoms with Crippen LogP contribution < -0.4 is 0 Å². The first kappa shape index (κ1) is 23.5. The number of hydrogen-bond acceptors (Lipinski definition) is 5. The van der Waals surface area contributed by atoms with Gasteiger partial charge in [-0.2, -0.15) is 0 Å². The van der Waals surface area contributed by atoms with E-state index in [0.717, 1.165) is 18.4 Å². The fraction of sp³-hybridized carbons (Fsp3) is 0.400. The number of ketones is 1. The number of amides is 1. The molecule has 1 fully saturated rings. The van der Waals surface area contributed by atoms with Gasteiger partial charge in [0.05, 0.1) is 19.8 Å². The van der Waals surface area contributed by atoms with Gasteiger partial charge in [-0.1, -0.05) is 30.3 Å². The lowest BCUT2D eigenvalue weighted by molar-refractivity contribution is -0.127. The molecular weight excluding hydrogens is 408 g/mol. The van der Waals surface area contributed by atoms with Crippen LogP contribution in [0.15, 0.2) is 36.4 Å². The molecule has 1 amide bonds. The van der Waals surface area contributed by atoms with Crippen LogP contribution in [0.2, 0.25) is 0 Å². The number of rotatable bonds is 8. The molecule has 7 nitrogen and oxygen atoms in total. The summed E-state index contributed by atoms with van der Waals surface area (Å²) < 4.78 is 12.2. The van der Waals surface area contributed by atoms with Gasteiger partial charge in [-0.25, -0.2) is 4.79 Å². The third-order valence-electron chi connectivity index (χ3n) is 5.90. The first-order valence-corrected chi connectivity index (χ1v) is 10.7. The van der Waals surface area contributed by atoms with Gasteiger partial charge in [-0.3, -0.25) is 9.59 Å². The number of aromatic nitrogens is 1. The van der Waals surface area contributed by atoms with Crippen molar-refractivity contribution in [2.24, 2.45) is 7.05 Å². The standard InChI is InChI=1S/C25H30N2O5/c1-17-23(18(2)26(3)24(17)25(30)31-4)21(28)16-27(15-20-11-8-14-32-20)22(29)13-12-19-9-6-5-7-10-19/h5-7,9-10,12-13,20H,8,11,14-16H2,1-4H3/b13-12+. The molecule has 3 rings (SSSR count). The number of carbonyl (C=O) groups is 3. The lowest BCUT2D eigenvalue weighted by atomic mass is 10.0. The molecule has 1 saturated heterocycles. The molecule has 1 aliphatic rings. The van der Waals surface area contributed by atoms with Crippen LogP contribution in [0.5, 0.6) is 0 Å². The van der Waals surface area contributed by atoms with Crippen molar-refractivity contribution >= 4 is 23.7 Å². The predicted molar refractivity (Wildman–Crippen MR) is 122 cm³/mol. The van der Waals surface area contributed by atoms with Gasteiger partial charge in [-0.15, -0.1) is 0 Å². The van der Waals surface area contributed by atoms with Crippen LogP contribution >= 0.6 is 0 Å². The normalized spacial score (nSPS) is 15.8. The Morgan fingerprint density at radius 1 is 1.22 bits per heavy atom. The molecule has 1 aliphatic heterocycles. The second-order valence-electron chi connectivity index (χ2n) is 8.01. The summed E-state index contributed by atoms with van der Waals surface area (Å²) in [4.78, 5) is 40.0. The number of esters is 1. The third-order valence-corrected chi connectivity index (χ3v) is 5.90. The summed E-state index contributed by atoms with van der Waals surface area (Å²) in [6.45, 7) is 4.44. The molecule has 0 bridgehead atoms. The Morgan fingerprint density at radius 2 is 1.94 bits per heavy atom. The van der Waals surface area contributed by atoms with E-state index >= 15 is 0 Å². The lowest BCUT2D eigenvalue weighted by Crippen LogP contribution is -2.40. The van der Waals surface area contributed by atoms with Crippen molar-refractivity contribution < 1.29 is 23.9 Å². The van der Waals surface area contributed by atoms with Gasteiger partial charge in [-0.05, 0) is 43.9 Å². The highest BCUT2D eigenvalue weighted by Crippen LogP contribution is 2.23. The van der Waals surface area contributed by atoms with Gasteiger partial charge < -0.3 is 18.9 Å². The van der Waals surface area contributed by atoms with Crippen LogP contribution in [-0.4, -0.2) is 60.0 Å². The quantitative estimate of drug-likeness (QED) is 0.359. The molecule has 1 aromatic carbocycles. The van der Waals surface area contributed by atoms with Crippen molar-refractivity contribution in [1.82, 2.24) is 9.47 Å². The zero-order chi connectivity index (χ0) is 23.3. The first-order chi connectivity index (χ1) is 15.3. The molecule has 32 heavy (non-hydrogen) atoms. The van der Waals surface area contributed by atoms with Crippen molar-refractivity contribution in [2.75, 3.05) is 26.8 Å². The van der Waals surface area contributed by atoms with Crippen molar-refractivity contribution in [3.63, 3.8) is 0 Å². The van der Waals surface area contributed by atoms with Gasteiger partial charge in [0.1, 0.15) is 5.69 Å². The van der Waals surface area contributed by atoms with Crippen LogP contribution in [0.4, 0.5) is 0 Å². The topological polar surface area (TPSA) is 77.8 Å². The molecule has 1 atom stereocenters. The SMILES string of the molecule is COC(=O)c1c(C)c(C(=O)CN(CC2CCCO2)C(=O)/C=C/c2ccccc2)c(C)n1C. The molecule has 1 aromatic heterocycles. The molecule has 170 valence electrons. The predicted octanol–water partition coefficient (Wildman–Crippen LogP) is 3.33. The van der Waals surface area contributed by atoms with Crippen LogP contribution in [0, 0.1) is 13.8 Å². The number of carbonyl (C=O) groups excluding carboxylic acids is 3. The summed E-state index contributed by atoms with van der Waals surface area (Å²) in [7, 11) is 3.04. The molecular formula is C25H30N2O5. The minimum Gasteiger partial charge on any atom is -0.464 e. The van der Waals surface area contributed by atoms with Gasteiger partial charge in [0.25, 0.3) is 0 Å². The molecule has 0 spiro atoms. The van der Waals surface area contributed by atoms with E-state index in [-0.39, 0.29) is 24.3 Å². The van der Waals surface area contributed by atoms with E-state index in [9.17, 15) is 14.4 Å². The Hall–Kier alpha value is -3.19. The van der Waals surface area contributed by atoms with E-state index in [1.54, 1.807) is 31.5 Å². The van der Waals surface area contributed by atoms with Crippen molar-refractivity contribution in [2.45, 2.75) is 32.8 Å². The van der Waals surface area contributed by atoms with Crippen molar-refractivity contribution in [3.8, 4) is 0 Å². The number of nitrogens with zero attached hydrogens (tertiary/aromatic N) is 2. The minimum absolute atomic E-state index is 0.0829. The maximum Gasteiger partial charge on any atom is 0.354 e. The maximum absolute atomic E-state index is 13.3. The van der Waals surface area contributed by atoms with E-state index in [1.807, 2.05) is 30.3 Å². The van der Waals surface area contributed by atoms with Crippen LogP contribution in [-0.2, 0) is 21.3 Å². The molecule has 0 radical (unpaired) electrons. The number of benzene rings is 1. The van der Waals surface area contributed by atoms with E-state index in [2.05, 4.69) is 0 Å². The highest BCUT2D eigenvalue weighted by atomic mass is 16.5. The summed E-state index contributed by atoms with van der Waals surface area (Å²) in [5.41, 5.74) is 2.92.